The summed E-state index contributed by atoms with van der Waals surface area (Å²) in [6.45, 7) is 5.38. The van der Waals surface area contributed by atoms with Gasteiger partial charge >= 0.3 is 5.97 Å². The SMILES string of the molecule is C=C(C)C(=O)OCCCN=O. The Hall–Kier alpha value is -1.19. The summed E-state index contributed by atoms with van der Waals surface area (Å²) in [6.07, 6.45) is 0.475. The molecule has 0 atom stereocenters. The molecule has 0 aromatic rings. The van der Waals surface area contributed by atoms with E-state index in [-0.39, 0.29) is 13.2 Å². The summed E-state index contributed by atoms with van der Waals surface area (Å²) < 4.78 is 4.67. The molecule has 4 heteroatoms. The first-order valence-electron chi connectivity index (χ1n) is 3.30. The first kappa shape index (κ1) is 9.81. The molecule has 0 amide bonds. The van der Waals surface area contributed by atoms with Crippen LogP contribution in [-0.2, 0) is 9.53 Å². The zero-order valence-electron chi connectivity index (χ0n) is 6.50. The fourth-order valence-electron chi connectivity index (χ4n) is 0.417. The van der Waals surface area contributed by atoms with Crippen molar-refractivity contribution >= 4 is 5.97 Å². The second-order valence-corrected chi connectivity index (χ2v) is 2.12. The molecule has 0 aliphatic carbocycles. The number of ether oxygens (including phenoxy) is 1. The lowest BCUT2D eigenvalue weighted by Gasteiger charge is -2.00. The van der Waals surface area contributed by atoms with Crippen molar-refractivity contribution in [3.63, 3.8) is 0 Å². The van der Waals surface area contributed by atoms with Crippen LogP contribution in [-0.4, -0.2) is 19.1 Å². The van der Waals surface area contributed by atoms with Gasteiger partial charge in [0, 0.05) is 12.0 Å². The van der Waals surface area contributed by atoms with E-state index in [2.05, 4.69) is 16.5 Å². The van der Waals surface area contributed by atoms with E-state index in [1.807, 2.05) is 0 Å². The standard InChI is InChI=1S/C7H11NO3/c1-6(2)7(9)11-5-3-4-8-10/h1,3-5H2,2H3. The third kappa shape index (κ3) is 5.26. The van der Waals surface area contributed by atoms with Crippen LogP contribution in [0.25, 0.3) is 0 Å². The first-order valence-corrected chi connectivity index (χ1v) is 3.30. The van der Waals surface area contributed by atoms with E-state index in [1.165, 1.54) is 0 Å². The lowest BCUT2D eigenvalue weighted by molar-refractivity contribution is -0.138. The molecule has 0 unspecified atom stereocenters. The molecule has 0 N–H and O–H groups in total. The van der Waals surface area contributed by atoms with Gasteiger partial charge in [0.2, 0.25) is 0 Å². The molecule has 62 valence electrons. The van der Waals surface area contributed by atoms with Crippen molar-refractivity contribution in [3.8, 4) is 0 Å². The van der Waals surface area contributed by atoms with Gasteiger partial charge in [-0.2, -0.15) is 4.91 Å². The number of esters is 1. The Morgan fingerprint density at radius 1 is 1.64 bits per heavy atom. The highest BCUT2D eigenvalue weighted by atomic mass is 16.5. The topological polar surface area (TPSA) is 55.7 Å². The molecule has 0 bridgehead atoms. The minimum Gasteiger partial charge on any atom is -0.462 e. The van der Waals surface area contributed by atoms with E-state index in [4.69, 9.17) is 0 Å². The van der Waals surface area contributed by atoms with Gasteiger partial charge in [-0.05, 0) is 6.92 Å². The predicted molar refractivity (Wildman–Crippen MR) is 41.1 cm³/mol. The van der Waals surface area contributed by atoms with Gasteiger partial charge in [0.25, 0.3) is 0 Å². The molecule has 0 aliphatic rings. The lowest BCUT2D eigenvalue weighted by atomic mass is 10.4. The van der Waals surface area contributed by atoms with Crippen molar-refractivity contribution in [2.24, 2.45) is 5.18 Å². The average Bonchev–Trinajstić information content (AvgIpc) is 1.97. The van der Waals surface area contributed by atoms with E-state index in [9.17, 15) is 9.70 Å². The molecule has 0 aliphatic heterocycles. The van der Waals surface area contributed by atoms with Crippen LogP contribution in [0.4, 0.5) is 0 Å². The molecule has 0 aromatic heterocycles. The maximum absolute atomic E-state index is 10.7. The van der Waals surface area contributed by atoms with Crippen LogP contribution in [0.15, 0.2) is 17.3 Å². The number of nitroso groups, excluding NO2 is 1. The van der Waals surface area contributed by atoms with Crippen LogP contribution in [0.3, 0.4) is 0 Å². The van der Waals surface area contributed by atoms with E-state index in [1.54, 1.807) is 6.92 Å². The summed E-state index contributed by atoms with van der Waals surface area (Å²) in [4.78, 5) is 20.3. The number of nitrogens with zero attached hydrogens (tertiary/aromatic N) is 1. The number of hydrogen-bond acceptors (Lipinski definition) is 4. The fraction of sp³-hybridized carbons (Fsp3) is 0.571. The molecule has 0 heterocycles. The smallest absolute Gasteiger partial charge is 0.333 e. The molecule has 0 aromatic carbocycles. The average molecular weight is 157 g/mol. The summed E-state index contributed by atoms with van der Waals surface area (Å²) in [5, 5.41) is 2.61. The van der Waals surface area contributed by atoms with E-state index >= 15 is 0 Å². The highest BCUT2D eigenvalue weighted by Gasteiger charge is 2.00. The molecule has 0 rings (SSSR count). The number of carbonyl (C=O) groups is 1. The van der Waals surface area contributed by atoms with Gasteiger partial charge < -0.3 is 4.74 Å². The zero-order chi connectivity index (χ0) is 8.69. The fourth-order valence-corrected chi connectivity index (χ4v) is 0.417. The summed E-state index contributed by atoms with van der Waals surface area (Å²) in [7, 11) is 0. The molecule has 11 heavy (non-hydrogen) atoms. The van der Waals surface area contributed by atoms with Gasteiger partial charge in [0.1, 0.15) is 0 Å². The van der Waals surface area contributed by atoms with Gasteiger partial charge in [-0.15, -0.1) is 0 Å². The predicted octanol–water partition coefficient (Wildman–Crippen LogP) is 1.26. The molecule has 0 saturated heterocycles. The van der Waals surface area contributed by atoms with Gasteiger partial charge in [-0.3, -0.25) is 0 Å². The molecule has 0 radical (unpaired) electrons. The normalized spacial score (nSPS) is 8.82. The van der Waals surface area contributed by atoms with E-state index in [0.29, 0.717) is 12.0 Å². The second kappa shape index (κ2) is 5.58. The monoisotopic (exact) mass is 157 g/mol. The number of carbonyl (C=O) groups excluding carboxylic acids is 1. The quantitative estimate of drug-likeness (QED) is 0.261. The third-order valence-electron chi connectivity index (χ3n) is 0.975. The van der Waals surface area contributed by atoms with Crippen molar-refractivity contribution < 1.29 is 9.53 Å². The first-order chi connectivity index (χ1) is 5.18. The third-order valence-corrected chi connectivity index (χ3v) is 0.975. The van der Waals surface area contributed by atoms with Crippen LogP contribution in [0.2, 0.25) is 0 Å². The summed E-state index contributed by atoms with van der Waals surface area (Å²) >= 11 is 0. The minimum absolute atomic E-state index is 0.184. The summed E-state index contributed by atoms with van der Waals surface area (Å²) in [5.74, 6) is -0.420. The molecular weight excluding hydrogens is 146 g/mol. The molecule has 0 fully saturated rings. The molecular formula is C7H11NO3. The van der Waals surface area contributed by atoms with Crippen LogP contribution < -0.4 is 0 Å². The van der Waals surface area contributed by atoms with Crippen molar-refractivity contribution in [3.05, 3.63) is 17.1 Å². The van der Waals surface area contributed by atoms with Crippen LogP contribution >= 0.6 is 0 Å². The maximum Gasteiger partial charge on any atom is 0.333 e. The van der Waals surface area contributed by atoms with Crippen LogP contribution in [0, 0.1) is 4.91 Å². The Labute approximate surface area is 65.2 Å². The highest BCUT2D eigenvalue weighted by Crippen LogP contribution is 1.93. The van der Waals surface area contributed by atoms with Crippen LogP contribution in [0.1, 0.15) is 13.3 Å². The summed E-state index contributed by atoms with van der Waals surface area (Å²) in [6, 6.07) is 0. The lowest BCUT2D eigenvalue weighted by Crippen LogP contribution is -2.06. The van der Waals surface area contributed by atoms with Crippen molar-refractivity contribution in [2.75, 3.05) is 13.2 Å². The summed E-state index contributed by atoms with van der Waals surface area (Å²) in [5.41, 5.74) is 0.365. The van der Waals surface area contributed by atoms with Gasteiger partial charge in [-0.1, -0.05) is 11.8 Å². The Kier molecular flexibility index (Phi) is 4.98. The van der Waals surface area contributed by atoms with Crippen molar-refractivity contribution in [2.45, 2.75) is 13.3 Å². The zero-order valence-corrected chi connectivity index (χ0v) is 6.50. The molecule has 0 saturated carbocycles. The van der Waals surface area contributed by atoms with Gasteiger partial charge in [-0.25, -0.2) is 4.79 Å². The van der Waals surface area contributed by atoms with Crippen molar-refractivity contribution in [1.29, 1.82) is 0 Å². The van der Waals surface area contributed by atoms with E-state index < -0.39 is 5.97 Å². The Balaban J connectivity index is 3.31. The largest absolute Gasteiger partial charge is 0.462 e. The molecule has 0 spiro atoms. The molecule has 4 nitrogen and oxygen atoms in total. The maximum atomic E-state index is 10.7. The highest BCUT2D eigenvalue weighted by molar-refractivity contribution is 5.86. The Morgan fingerprint density at radius 3 is 2.73 bits per heavy atom. The van der Waals surface area contributed by atoms with Crippen molar-refractivity contribution in [1.82, 2.24) is 0 Å². The van der Waals surface area contributed by atoms with E-state index in [0.717, 1.165) is 0 Å². The Morgan fingerprint density at radius 2 is 2.27 bits per heavy atom. The van der Waals surface area contributed by atoms with Gasteiger partial charge in [0.05, 0.1) is 13.2 Å². The number of rotatable bonds is 5. The van der Waals surface area contributed by atoms with Gasteiger partial charge in [0.15, 0.2) is 0 Å². The Bertz CT molecular complexity index is 165. The number of hydrogen-bond donors (Lipinski definition) is 0. The second-order valence-electron chi connectivity index (χ2n) is 2.12. The van der Waals surface area contributed by atoms with Crippen LogP contribution in [0.5, 0.6) is 0 Å². The minimum atomic E-state index is -0.420.